The molecule has 0 N–H and O–H groups in total. The van der Waals surface area contributed by atoms with Crippen LogP contribution in [0, 0.1) is 33.5 Å². The normalized spacial score (nSPS) is 45.0. The van der Waals surface area contributed by atoms with Gasteiger partial charge in [-0.1, -0.05) is 32.4 Å². The van der Waals surface area contributed by atoms with E-state index in [0.29, 0.717) is 25.7 Å². The van der Waals surface area contributed by atoms with Gasteiger partial charge in [0.2, 0.25) is 5.60 Å². The molecule has 0 aromatic rings. The summed E-state index contributed by atoms with van der Waals surface area (Å²) in [6.45, 7) is 12.1. The second kappa shape index (κ2) is 8.47. The van der Waals surface area contributed by atoms with Crippen molar-refractivity contribution in [2.75, 3.05) is 14.2 Å². The zero-order chi connectivity index (χ0) is 28.7. The lowest BCUT2D eigenvalue weighted by molar-refractivity contribution is -0.188. The molecule has 0 amide bonds. The van der Waals surface area contributed by atoms with Crippen molar-refractivity contribution in [1.29, 1.82) is 0 Å². The molecule has 1 saturated heterocycles. The van der Waals surface area contributed by atoms with Crippen LogP contribution in [0.25, 0.3) is 0 Å². The maximum atomic E-state index is 14.1. The minimum Gasteiger partial charge on any atom is -0.469 e. The van der Waals surface area contributed by atoms with Crippen molar-refractivity contribution in [3.8, 4) is 0 Å². The molecule has 4 aliphatic rings. The van der Waals surface area contributed by atoms with Crippen molar-refractivity contribution in [3.05, 3.63) is 11.6 Å². The highest BCUT2D eigenvalue weighted by Crippen LogP contribution is 2.72. The van der Waals surface area contributed by atoms with E-state index in [1.54, 1.807) is 13.8 Å². The molecule has 9 nitrogen and oxygen atoms in total. The molecule has 38 heavy (non-hydrogen) atoms. The number of esters is 3. The molecule has 0 radical (unpaired) electrons. The lowest BCUT2D eigenvalue weighted by atomic mass is 9.38. The quantitative estimate of drug-likeness (QED) is 0.176. The van der Waals surface area contributed by atoms with E-state index in [4.69, 9.17) is 18.9 Å². The summed E-state index contributed by atoms with van der Waals surface area (Å²) >= 11 is 0. The van der Waals surface area contributed by atoms with E-state index in [0.717, 1.165) is 11.9 Å². The lowest BCUT2D eigenvalue weighted by Gasteiger charge is -2.64. The smallest absolute Gasteiger partial charge is 0.345 e. The highest BCUT2D eigenvalue weighted by Gasteiger charge is 2.78. The molecule has 0 aromatic carbocycles. The third-order valence-corrected chi connectivity index (χ3v) is 10.8. The van der Waals surface area contributed by atoms with E-state index in [-0.39, 0.29) is 18.0 Å². The van der Waals surface area contributed by atoms with Crippen LogP contribution in [-0.4, -0.2) is 61.5 Å². The zero-order valence-corrected chi connectivity index (χ0v) is 23.9. The molecular weight excluding hydrogens is 492 g/mol. The van der Waals surface area contributed by atoms with E-state index in [2.05, 4.69) is 0 Å². The van der Waals surface area contributed by atoms with Crippen LogP contribution in [0.4, 0.5) is 0 Å². The number of fused-ring (bicyclic) bond motifs is 4. The van der Waals surface area contributed by atoms with Gasteiger partial charge in [-0.2, -0.15) is 0 Å². The number of aldehydes is 1. The minimum absolute atomic E-state index is 0.194. The summed E-state index contributed by atoms with van der Waals surface area (Å²) in [7, 11) is 2.46. The second-order valence-corrected chi connectivity index (χ2v) is 12.9. The molecule has 8 atom stereocenters. The number of carbonyl (C=O) groups is 5. The third-order valence-electron chi connectivity index (χ3n) is 10.8. The average molecular weight is 533 g/mol. The van der Waals surface area contributed by atoms with E-state index in [9.17, 15) is 24.0 Å². The Balaban J connectivity index is 1.99. The fraction of sp³-hybridized carbons (Fsp3) is 0.759. The van der Waals surface area contributed by atoms with Crippen molar-refractivity contribution in [2.45, 2.75) is 91.5 Å². The highest BCUT2D eigenvalue weighted by atomic mass is 16.6. The SMILES string of the molecule is COC(=O)[C@@H]1[C@]2(C)CC[C@H]3C(C)(C)[C@@H](OC(C)=O)CC[C@]3(C=O)C2=C[C@]2(C)O[C@@](C)(C(=O)OC)C(=O)[C@]12C. The van der Waals surface area contributed by atoms with Crippen molar-refractivity contribution in [1.82, 2.24) is 0 Å². The fourth-order valence-corrected chi connectivity index (χ4v) is 8.83. The number of hydrogen-bond donors (Lipinski definition) is 0. The van der Waals surface area contributed by atoms with Crippen molar-refractivity contribution in [2.24, 2.45) is 33.5 Å². The van der Waals surface area contributed by atoms with Gasteiger partial charge in [0, 0.05) is 17.8 Å². The topological polar surface area (TPSA) is 122 Å². The molecule has 4 rings (SSSR count). The number of rotatable bonds is 4. The van der Waals surface area contributed by atoms with E-state index < -0.39 is 56.5 Å². The molecule has 0 spiro atoms. The number of hydrogen-bond acceptors (Lipinski definition) is 9. The van der Waals surface area contributed by atoms with Gasteiger partial charge >= 0.3 is 17.9 Å². The monoisotopic (exact) mass is 532 g/mol. The zero-order valence-electron chi connectivity index (χ0n) is 23.9. The molecule has 2 saturated carbocycles. The van der Waals surface area contributed by atoms with Gasteiger partial charge in [0.1, 0.15) is 12.4 Å². The van der Waals surface area contributed by atoms with Gasteiger partial charge in [0.05, 0.1) is 36.6 Å². The first kappa shape index (κ1) is 28.5. The van der Waals surface area contributed by atoms with Gasteiger partial charge in [-0.25, -0.2) is 4.79 Å². The molecule has 3 fully saturated rings. The van der Waals surface area contributed by atoms with Crippen LogP contribution in [0.15, 0.2) is 11.6 Å². The van der Waals surface area contributed by atoms with Crippen LogP contribution in [0.1, 0.15) is 74.1 Å². The first-order chi connectivity index (χ1) is 17.5. The predicted octanol–water partition coefficient (Wildman–Crippen LogP) is 3.36. The van der Waals surface area contributed by atoms with Crippen molar-refractivity contribution in [3.63, 3.8) is 0 Å². The van der Waals surface area contributed by atoms with Crippen LogP contribution in [0.2, 0.25) is 0 Å². The second-order valence-electron chi connectivity index (χ2n) is 12.9. The summed E-state index contributed by atoms with van der Waals surface area (Å²) in [5, 5.41) is 0. The Kier molecular flexibility index (Phi) is 6.35. The third kappa shape index (κ3) is 3.23. The van der Waals surface area contributed by atoms with Crippen LogP contribution in [0.5, 0.6) is 0 Å². The van der Waals surface area contributed by atoms with Crippen molar-refractivity contribution < 1.29 is 42.9 Å². The Hall–Kier alpha value is -2.55. The lowest BCUT2D eigenvalue weighted by Crippen LogP contribution is -2.66. The molecule has 9 heteroatoms. The maximum Gasteiger partial charge on any atom is 0.345 e. The predicted molar refractivity (Wildman–Crippen MR) is 135 cm³/mol. The summed E-state index contributed by atoms with van der Waals surface area (Å²) in [6.07, 6.45) is 4.38. The standard InChI is InChI=1S/C29H40O9/c1-16(31)37-19-11-13-29(15-30)17(24(19,2)3)10-12-25(4)18(29)14-26(5)27(6,20(25)21(32)35-8)22(33)28(7,38-26)23(34)36-9/h14-15,17,19-20H,10-13H2,1-9H3/t17-,19-,20+,25+,26-,27-,28+,29+/m0/s1. The number of ketones is 1. The Morgan fingerprint density at radius 1 is 1.00 bits per heavy atom. The Labute approximate surface area is 224 Å². The van der Waals surface area contributed by atoms with Crippen LogP contribution in [0.3, 0.4) is 0 Å². The van der Waals surface area contributed by atoms with E-state index in [1.165, 1.54) is 28.1 Å². The van der Waals surface area contributed by atoms with Gasteiger partial charge in [-0.3, -0.25) is 14.4 Å². The minimum atomic E-state index is -1.94. The Morgan fingerprint density at radius 3 is 2.16 bits per heavy atom. The number of allylic oxidation sites excluding steroid dienone is 1. The van der Waals surface area contributed by atoms with Crippen LogP contribution >= 0.6 is 0 Å². The van der Waals surface area contributed by atoms with Gasteiger partial charge in [0.15, 0.2) is 5.78 Å². The average Bonchev–Trinajstić information content (AvgIpc) is 3.00. The summed E-state index contributed by atoms with van der Waals surface area (Å²) in [5.41, 5.74) is -6.54. The molecule has 0 aromatic heterocycles. The fourth-order valence-electron chi connectivity index (χ4n) is 8.83. The summed E-state index contributed by atoms with van der Waals surface area (Å²) < 4.78 is 22.3. The highest BCUT2D eigenvalue weighted by molar-refractivity contribution is 6.13. The van der Waals surface area contributed by atoms with Gasteiger partial charge in [-0.15, -0.1) is 0 Å². The number of ether oxygens (including phenoxy) is 4. The largest absolute Gasteiger partial charge is 0.469 e. The van der Waals surface area contributed by atoms with Gasteiger partial charge < -0.3 is 23.7 Å². The summed E-state index contributed by atoms with van der Waals surface area (Å²) in [6, 6.07) is 0. The molecule has 0 bridgehead atoms. The molecule has 1 heterocycles. The number of Topliss-reactive ketones (excluding diaryl/α,β-unsaturated/α-hetero) is 1. The Morgan fingerprint density at radius 2 is 1.63 bits per heavy atom. The maximum absolute atomic E-state index is 14.1. The molecule has 1 aliphatic heterocycles. The Bertz CT molecular complexity index is 1140. The van der Waals surface area contributed by atoms with Gasteiger partial charge in [0.25, 0.3) is 0 Å². The summed E-state index contributed by atoms with van der Waals surface area (Å²) in [4.78, 5) is 65.8. The first-order valence-electron chi connectivity index (χ1n) is 13.2. The van der Waals surface area contributed by atoms with E-state index >= 15 is 0 Å². The molecule has 3 aliphatic carbocycles. The van der Waals surface area contributed by atoms with E-state index in [1.807, 2.05) is 26.8 Å². The molecular formula is C29H40O9. The van der Waals surface area contributed by atoms with Crippen LogP contribution in [-0.2, 0) is 42.9 Å². The van der Waals surface area contributed by atoms with Gasteiger partial charge in [-0.05, 0) is 52.4 Å². The summed E-state index contributed by atoms with van der Waals surface area (Å²) in [5.74, 6) is -3.57. The number of methoxy groups -OCH3 is 2. The number of carbonyl (C=O) groups excluding carboxylic acids is 5. The molecule has 210 valence electrons. The van der Waals surface area contributed by atoms with Crippen molar-refractivity contribution >= 4 is 30.0 Å². The molecule has 0 unspecified atom stereocenters. The van der Waals surface area contributed by atoms with Crippen LogP contribution < -0.4 is 0 Å². The first-order valence-corrected chi connectivity index (χ1v) is 13.2.